The van der Waals surface area contributed by atoms with Crippen LogP contribution in [0.3, 0.4) is 0 Å². The van der Waals surface area contributed by atoms with Crippen molar-refractivity contribution < 1.29 is 4.79 Å². The SMILES string of the molecule is Cc1ncc(C(=O)N2C[C@@H]3CN(Cc4cnsc4)C[C@@H]3[C@H]2c2ccccc2)[nH]1. The van der Waals surface area contributed by atoms with Crippen LogP contribution in [-0.4, -0.2) is 49.7 Å². The summed E-state index contributed by atoms with van der Waals surface area (Å²) in [6, 6.07) is 10.6. The highest BCUT2D eigenvalue weighted by molar-refractivity contribution is 7.03. The standard InChI is InChI=1S/C21H23N5OS/c1-14-22-8-19(24-14)21(27)26-11-17-10-25(9-15-7-23-28-13-15)12-18(17)20(26)16-5-3-2-4-6-16/h2-8,13,17-18,20H,9-12H2,1H3,(H,22,24)/t17-,18-,20+/m0/s1. The van der Waals surface area contributed by atoms with Crippen LogP contribution in [0.1, 0.15) is 33.5 Å². The summed E-state index contributed by atoms with van der Waals surface area (Å²) in [7, 11) is 0. The molecule has 0 aliphatic carbocycles. The number of amides is 1. The first-order valence-corrected chi connectivity index (χ1v) is 10.5. The predicted molar refractivity (Wildman–Crippen MR) is 108 cm³/mol. The number of aromatic amines is 1. The van der Waals surface area contributed by atoms with E-state index < -0.39 is 0 Å². The van der Waals surface area contributed by atoms with E-state index >= 15 is 0 Å². The largest absolute Gasteiger partial charge is 0.338 e. The Morgan fingerprint density at radius 1 is 1.21 bits per heavy atom. The molecule has 0 spiro atoms. The van der Waals surface area contributed by atoms with Crippen molar-refractivity contribution >= 4 is 17.4 Å². The van der Waals surface area contributed by atoms with E-state index in [1.807, 2.05) is 19.2 Å². The zero-order valence-corrected chi connectivity index (χ0v) is 16.6. The van der Waals surface area contributed by atoms with Crippen molar-refractivity contribution in [2.45, 2.75) is 19.5 Å². The molecule has 2 aliphatic rings. The van der Waals surface area contributed by atoms with Crippen LogP contribution in [0.25, 0.3) is 0 Å². The minimum atomic E-state index is 0.0532. The molecular formula is C21H23N5OS. The quantitative estimate of drug-likeness (QED) is 0.740. The number of aryl methyl sites for hydroxylation is 1. The number of rotatable bonds is 4. The monoisotopic (exact) mass is 393 g/mol. The number of hydrogen-bond acceptors (Lipinski definition) is 5. The number of carbonyl (C=O) groups excluding carboxylic acids is 1. The molecule has 28 heavy (non-hydrogen) atoms. The van der Waals surface area contributed by atoms with Gasteiger partial charge in [0.05, 0.1) is 12.2 Å². The molecule has 0 unspecified atom stereocenters. The third-order valence-electron chi connectivity index (χ3n) is 5.96. The maximum absolute atomic E-state index is 13.2. The van der Waals surface area contributed by atoms with E-state index in [0.717, 1.165) is 32.0 Å². The van der Waals surface area contributed by atoms with Gasteiger partial charge in [0.15, 0.2) is 0 Å². The smallest absolute Gasteiger partial charge is 0.272 e. The van der Waals surface area contributed by atoms with Gasteiger partial charge in [0, 0.05) is 43.7 Å². The van der Waals surface area contributed by atoms with E-state index in [-0.39, 0.29) is 11.9 Å². The summed E-state index contributed by atoms with van der Waals surface area (Å²) in [5.74, 6) is 1.76. The Balaban J connectivity index is 1.41. The third-order valence-corrected chi connectivity index (χ3v) is 6.60. The first-order chi connectivity index (χ1) is 13.7. The van der Waals surface area contributed by atoms with Gasteiger partial charge in [0.25, 0.3) is 5.91 Å². The molecule has 2 aromatic heterocycles. The van der Waals surface area contributed by atoms with Crippen molar-refractivity contribution in [1.82, 2.24) is 24.1 Å². The third kappa shape index (κ3) is 3.14. The van der Waals surface area contributed by atoms with E-state index in [9.17, 15) is 4.79 Å². The average Bonchev–Trinajstić information content (AvgIpc) is 3.47. The van der Waals surface area contributed by atoms with Gasteiger partial charge in [-0.1, -0.05) is 30.3 Å². The van der Waals surface area contributed by atoms with E-state index in [4.69, 9.17) is 0 Å². The fourth-order valence-corrected chi connectivity index (χ4v) is 5.33. The normalized spacial score (nSPS) is 24.6. The topological polar surface area (TPSA) is 65.1 Å². The lowest BCUT2D eigenvalue weighted by atomic mass is 9.89. The molecule has 3 aromatic rings. The fraction of sp³-hybridized carbons (Fsp3) is 0.381. The Morgan fingerprint density at radius 3 is 2.79 bits per heavy atom. The highest BCUT2D eigenvalue weighted by atomic mass is 32.1. The van der Waals surface area contributed by atoms with Crippen molar-refractivity contribution in [3.63, 3.8) is 0 Å². The van der Waals surface area contributed by atoms with E-state index in [0.29, 0.717) is 17.5 Å². The second kappa shape index (κ2) is 7.14. The van der Waals surface area contributed by atoms with Gasteiger partial charge >= 0.3 is 0 Å². The van der Waals surface area contributed by atoms with Crippen LogP contribution >= 0.6 is 11.5 Å². The van der Waals surface area contributed by atoms with Gasteiger partial charge in [0.2, 0.25) is 0 Å². The summed E-state index contributed by atoms with van der Waals surface area (Å²) in [6.45, 7) is 5.64. The van der Waals surface area contributed by atoms with Crippen LogP contribution in [0.4, 0.5) is 0 Å². The predicted octanol–water partition coefficient (Wildman–Crippen LogP) is 3.12. The summed E-state index contributed by atoms with van der Waals surface area (Å²) in [6.07, 6.45) is 3.62. The molecule has 144 valence electrons. The number of imidazole rings is 1. The highest BCUT2D eigenvalue weighted by Gasteiger charge is 2.49. The number of carbonyl (C=O) groups is 1. The molecule has 1 aromatic carbocycles. The van der Waals surface area contributed by atoms with E-state index in [1.54, 1.807) is 6.20 Å². The zero-order chi connectivity index (χ0) is 19.1. The number of nitrogens with zero attached hydrogens (tertiary/aromatic N) is 4. The van der Waals surface area contributed by atoms with Crippen LogP contribution in [0, 0.1) is 18.8 Å². The molecule has 2 fully saturated rings. The minimum Gasteiger partial charge on any atom is -0.338 e. The number of hydrogen-bond donors (Lipinski definition) is 1. The van der Waals surface area contributed by atoms with E-state index in [1.165, 1.54) is 22.7 Å². The maximum Gasteiger partial charge on any atom is 0.272 e. The van der Waals surface area contributed by atoms with E-state index in [2.05, 4.69) is 53.8 Å². The van der Waals surface area contributed by atoms with Crippen LogP contribution in [-0.2, 0) is 6.54 Å². The Hall–Kier alpha value is -2.51. The Bertz CT molecular complexity index is 954. The van der Waals surface area contributed by atoms with Crippen LogP contribution in [0.5, 0.6) is 0 Å². The van der Waals surface area contributed by atoms with Gasteiger partial charge in [-0.3, -0.25) is 9.69 Å². The molecule has 0 radical (unpaired) electrons. The number of aromatic nitrogens is 3. The Kier molecular flexibility index (Phi) is 4.49. The molecule has 3 atom stereocenters. The molecule has 7 heteroatoms. The van der Waals surface area contributed by atoms with Gasteiger partial charge in [0.1, 0.15) is 11.5 Å². The Morgan fingerprint density at radius 2 is 2.07 bits per heavy atom. The molecule has 2 saturated heterocycles. The maximum atomic E-state index is 13.2. The summed E-state index contributed by atoms with van der Waals surface area (Å²) < 4.78 is 4.22. The molecule has 0 bridgehead atoms. The molecule has 2 aliphatic heterocycles. The van der Waals surface area contributed by atoms with Gasteiger partial charge < -0.3 is 9.88 Å². The summed E-state index contributed by atoms with van der Waals surface area (Å²) in [5.41, 5.74) is 3.08. The number of fused-ring (bicyclic) bond motifs is 1. The molecule has 4 heterocycles. The van der Waals surface area contributed by atoms with Gasteiger partial charge in [-0.25, -0.2) is 9.36 Å². The lowest BCUT2D eigenvalue weighted by Crippen LogP contribution is -2.35. The van der Waals surface area contributed by atoms with Gasteiger partial charge in [-0.05, 0) is 35.5 Å². The lowest BCUT2D eigenvalue weighted by Gasteiger charge is -2.29. The highest BCUT2D eigenvalue weighted by Crippen LogP contribution is 2.45. The number of likely N-dealkylation sites (tertiary alicyclic amines) is 2. The second-order valence-corrected chi connectivity index (χ2v) is 8.50. The molecule has 5 rings (SSSR count). The first kappa shape index (κ1) is 17.6. The zero-order valence-electron chi connectivity index (χ0n) is 15.8. The Labute approximate surface area is 168 Å². The number of H-pyrrole nitrogens is 1. The van der Waals surface area contributed by atoms with Crippen LogP contribution in [0.2, 0.25) is 0 Å². The lowest BCUT2D eigenvalue weighted by molar-refractivity contribution is 0.0694. The summed E-state index contributed by atoms with van der Waals surface area (Å²) in [4.78, 5) is 25.1. The van der Waals surface area contributed by atoms with Crippen molar-refractivity contribution in [2.24, 2.45) is 11.8 Å². The van der Waals surface area contributed by atoms with Gasteiger partial charge in [-0.2, -0.15) is 0 Å². The fourth-order valence-electron chi connectivity index (χ4n) is 4.80. The minimum absolute atomic E-state index is 0.0532. The number of benzene rings is 1. The van der Waals surface area contributed by atoms with Crippen molar-refractivity contribution in [1.29, 1.82) is 0 Å². The molecular weight excluding hydrogens is 370 g/mol. The molecule has 0 saturated carbocycles. The van der Waals surface area contributed by atoms with Crippen LogP contribution in [0.15, 0.2) is 48.1 Å². The summed E-state index contributed by atoms with van der Waals surface area (Å²) >= 11 is 1.51. The van der Waals surface area contributed by atoms with Crippen LogP contribution < -0.4 is 0 Å². The average molecular weight is 394 g/mol. The summed E-state index contributed by atoms with van der Waals surface area (Å²) in [5, 5.41) is 2.12. The second-order valence-electron chi connectivity index (χ2n) is 7.85. The first-order valence-electron chi connectivity index (χ1n) is 9.67. The van der Waals surface area contributed by atoms with Crippen molar-refractivity contribution in [2.75, 3.05) is 19.6 Å². The van der Waals surface area contributed by atoms with Crippen molar-refractivity contribution in [3.8, 4) is 0 Å². The number of nitrogens with one attached hydrogen (secondary N) is 1. The van der Waals surface area contributed by atoms with Crippen molar-refractivity contribution in [3.05, 3.63) is 70.8 Å². The molecule has 6 nitrogen and oxygen atoms in total. The molecule has 1 amide bonds. The molecule has 1 N–H and O–H groups in total. The van der Waals surface area contributed by atoms with Gasteiger partial charge in [-0.15, -0.1) is 0 Å².